The van der Waals surface area contributed by atoms with Crippen LogP contribution in [0, 0.1) is 5.92 Å². The molecule has 4 nitrogen and oxygen atoms in total. The van der Waals surface area contributed by atoms with E-state index in [0.717, 1.165) is 16.5 Å². The Bertz CT molecular complexity index is 436. The van der Waals surface area contributed by atoms with Crippen LogP contribution in [0.25, 0.3) is 0 Å². The molecule has 1 heterocycles. The van der Waals surface area contributed by atoms with Crippen LogP contribution in [-0.2, 0) is 6.54 Å². The minimum absolute atomic E-state index is 0.103. The molecule has 2 N–H and O–H groups in total. The number of likely N-dealkylation sites (tertiary alicyclic amines) is 1. The quantitative estimate of drug-likeness (QED) is 0.876. The van der Waals surface area contributed by atoms with E-state index in [0.29, 0.717) is 19.6 Å². The molecular formula is C14H19BrN2O2. The molecule has 1 aromatic carbocycles. The number of hydrogen-bond donors (Lipinski definition) is 2. The molecule has 0 unspecified atom stereocenters. The number of benzene rings is 1. The fourth-order valence-corrected chi connectivity index (χ4v) is 2.39. The molecule has 1 aromatic rings. The molecule has 1 aliphatic heterocycles. The third-order valence-corrected chi connectivity index (χ3v) is 4.09. The Kier molecular flexibility index (Phi) is 4.82. The van der Waals surface area contributed by atoms with Crippen LogP contribution in [0.3, 0.4) is 0 Å². The molecule has 0 aromatic heterocycles. The Morgan fingerprint density at radius 2 is 2.16 bits per heavy atom. The van der Waals surface area contributed by atoms with Gasteiger partial charge >= 0.3 is 6.03 Å². The number of nitrogens with one attached hydrogen (secondary N) is 1. The van der Waals surface area contributed by atoms with Crippen LogP contribution in [0.15, 0.2) is 28.7 Å². The van der Waals surface area contributed by atoms with Gasteiger partial charge in [-0.15, -0.1) is 0 Å². The zero-order valence-electron chi connectivity index (χ0n) is 11.0. The van der Waals surface area contributed by atoms with Crippen molar-refractivity contribution in [3.05, 3.63) is 34.3 Å². The van der Waals surface area contributed by atoms with Crippen molar-refractivity contribution in [2.75, 3.05) is 13.1 Å². The first-order chi connectivity index (χ1) is 9.06. The number of β-amino-alcohol motifs (C(OH)–C–C–N with tert-alkyl or cyclic N) is 1. The van der Waals surface area contributed by atoms with E-state index in [4.69, 9.17) is 0 Å². The zero-order valence-corrected chi connectivity index (χ0v) is 12.6. The highest BCUT2D eigenvalue weighted by Gasteiger charge is 2.26. The summed E-state index contributed by atoms with van der Waals surface area (Å²) in [5, 5.41) is 12.7. The summed E-state index contributed by atoms with van der Waals surface area (Å²) in [6, 6.07) is 7.74. The average Bonchev–Trinajstić information content (AvgIpc) is 2.41. The van der Waals surface area contributed by atoms with E-state index in [2.05, 4.69) is 21.2 Å². The van der Waals surface area contributed by atoms with Gasteiger partial charge in [-0.1, -0.05) is 35.0 Å². The van der Waals surface area contributed by atoms with Gasteiger partial charge < -0.3 is 15.3 Å². The van der Waals surface area contributed by atoms with Crippen molar-refractivity contribution < 1.29 is 9.90 Å². The maximum atomic E-state index is 12.0. The number of rotatable bonds is 2. The van der Waals surface area contributed by atoms with Gasteiger partial charge in [0.25, 0.3) is 0 Å². The number of aliphatic hydroxyl groups excluding tert-OH is 1. The summed E-state index contributed by atoms with van der Waals surface area (Å²) >= 11 is 3.38. The summed E-state index contributed by atoms with van der Waals surface area (Å²) in [6.07, 6.45) is 0.444. The fourth-order valence-electron chi connectivity index (χ4n) is 2.13. The van der Waals surface area contributed by atoms with E-state index >= 15 is 0 Å². The van der Waals surface area contributed by atoms with Gasteiger partial charge in [0.2, 0.25) is 0 Å². The number of halogens is 1. The lowest BCUT2D eigenvalue weighted by Crippen LogP contribution is -2.49. The van der Waals surface area contributed by atoms with E-state index in [-0.39, 0.29) is 11.9 Å². The monoisotopic (exact) mass is 326 g/mol. The molecule has 0 saturated carbocycles. The summed E-state index contributed by atoms with van der Waals surface area (Å²) in [7, 11) is 0. The second-order valence-corrected chi connectivity index (χ2v) is 5.98. The van der Waals surface area contributed by atoms with Crippen molar-refractivity contribution in [1.82, 2.24) is 10.2 Å². The molecule has 2 rings (SSSR count). The molecule has 0 bridgehead atoms. The lowest BCUT2D eigenvalue weighted by molar-refractivity contribution is 0.0435. The number of carbonyl (C=O) groups excluding carboxylic acids is 1. The van der Waals surface area contributed by atoms with E-state index < -0.39 is 6.10 Å². The van der Waals surface area contributed by atoms with E-state index in [1.807, 2.05) is 31.2 Å². The highest BCUT2D eigenvalue weighted by atomic mass is 79.9. The molecular weight excluding hydrogens is 308 g/mol. The van der Waals surface area contributed by atoms with Crippen LogP contribution in [0.2, 0.25) is 0 Å². The van der Waals surface area contributed by atoms with Gasteiger partial charge in [0, 0.05) is 24.1 Å². The Balaban J connectivity index is 1.83. The summed E-state index contributed by atoms with van der Waals surface area (Å²) in [6.45, 7) is 3.66. The maximum Gasteiger partial charge on any atom is 0.317 e. The minimum atomic E-state index is -0.410. The predicted molar refractivity (Wildman–Crippen MR) is 77.7 cm³/mol. The third-order valence-electron chi connectivity index (χ3n) is 3.56. The summed E-state index contributed by atoms with van der Waals surface area (Å²) < 4.78 is 1.02. The van der Waals surface area contributed by atoms with Crippen LogP contribution in [-0.4, -0.2) is 35.2 Å². The second kappa shape index (κ2) is 6.39. The summed E-state index contributed by atoms with van der Waals surface area (Å²) in [4.78, 5) is 13.7. The molecule has 2 atom stereocenters. The zero-order chi connectivity index (χ0) is 13.8. The normalized spacial score (nSPS) is 23.2. The smallest absolute Gasteiger partial charge is 0.317 e. The van der Waals surface area contributed by atoms with Gasteiger partial charge in [0.1, 0.15) is 0 Å². The van der Waals surface area contributed by atoms with Crippen molar-refractivity contribution in [1.29, 1.82) is 0 Å². The molecule has 5 heteroatoms. The van der Waals surface area contributed by atoms with Crippen molar-refractivity contribution in [3.63, 3.8) is 0 Å². The summed E-state index contributed by atoms with van der Waals surface area (Å²) in [5.74, 6) is 0.274. The lowest BCUT2D eigenvalue weighted by atomic mass is 9.96. The van der Waals surface area contributed by atoms with Crippen LogP contribution >= 0.6 is 15.9 Å². The standard InChI is InChI=1S/C14H19BrN2O2/c1-10-6-7-17(9-13(10)18)14(19)16-8-11-2-4-12(15)5-3-11/h2-5,10,13,18H,6-9H2,1H3,(H,16,19)/t10-,13+/m0/s1. The number of carbonyl (C=O) groups is 1. The molecule has 1 aliphatic rings. The van der Waals surface area contributed by atoms with Gasteiger partial charge in [0.15, 0.2) is 0 Å². The van der Waals surface area contributed by atoms with Gasteiger partial charge in [0.05, 0.1) is 6.10 Å². The molecule has 0 aliphatic carbocycles. The number of amides is 2. The Hall–Kier alpha value is -1.07. The van der Waals surface area contributed by atoms with Crippen LogP contribution < -0.4 is 5.32 Å². The van der Waals surface area contributed by atoms with Crippen molar-refractivity contribution in [2.24, 2.45) is 5.92 Å². The highest BCUT2D eigenvalue weighted by Crippen LogP contribution is 2.17. The number of hydrogen-bond acceptors (Lipinski definition) is 2. The van der Waals surface area contributed by atoms with Crippen LogP contribution in [0.1, 0.15) is 18.9 Å². The molecule has 2 amide bonds. The SMILES string of the molecule is C[C@H]1CCN(C(=O)NCc2ccc(Br)cc2)C[C@H]1O. The molecule has 1 fully saturated rings. The molecule has 104 valence electrons. The Labute approximate surface area is 121 Å². The molecule has 19 heavy (non-hydrogen) atoms. The fraction of sp³-hybridized carbons (Fsp3) is 0.500. The van der Waals surface area contributed by atoms with Crippen molar-refractivity contribution >= 4 is 22.0 Å². The second-order valence-electron chi connectivity index (χ2n) is 5.06. The first-order valence-corrected chi connectivity index (χ1v) is 7.31. The van der Waals surface area contributed by atoms with Crippen LogP contribution in [0.5, 0.6) is 0 Å². The van der Waals surface area contributed by atoms with Crippen molar-refractivity contribution in [3.8, 4) is 0 Å². The van der Waals surface area contributed by atoms with Gasteiger partial charge in [-0.05, 0) is 30.0 Å². The van der Waals surface area contributed by atoms with Crippen LogP contribution in [0.4, 0.5) is 4.79 Å². The Morgan fingerprint density at radius 3 is 2.79 bits per heavy atom. The number of urea groups is 1. The first-order valence-electron chi connectivity index (χ1n) is 6.51. The van der Waals surface area contributed by atoms with Gasteiger partial charge in [-0.25, -0.2) is 4.79 Å². The molecule has 1 saturated heterocycles. The predicted octanol–water partition coefficient (Wildman–Crippen LogP) is 2.36. The van der Waals surface area contributed by atoms with E-state index in [1.165, 1.54) is 0 Å². The highest BCUT2D eigenvalue weighted by molar-refractivity contribution is 9.10. The maximum absolute atomic E-state index is 12.0. The third kappa shape index (κ3) is 3.94. The van der Waals surface area contributed by atoms with Gasteiger partial charge in [-0.2, -0.15) is 0 Å². The largest absolute Gasteiger partial charge is 0.391 e. The lowest BCUT2D eigenvalue weighted by Gasteiger charge is -2.34. The number of piperidine rings is 1. The number of aliphatic hydroxyl groups is 1. The minimum Gasteiger partial charge on any atom is -0.391 e. The van der Waals surface area contributed by atoms with E-state index in [9.17, 15) is 9.90 Å². The molecule has 0 spiro atoms. The van der Waals surface area contributed by atoms with Crippen molar-refractivity contribution in [2.45, 2.75) is 26.0 Å². The Morgan fingerprint density at radius 1 is 1.47 bits per heavy atom. The van der Waals surface area contributed by atoms with Gasteiger partial charge in [-0.3, -0.25) is 0 Å². The summed E-state index contributed by atoms with van der Waals surface area (Å²) in [5.41, 5.74) is 1.06. The first kappa shape index (κ1) is 14.3. The molecule has 0 radical (unpaired) electrons. The topological polar surface area (TPSA) is 52.6 Å². The van der Waals surface area contributed by atoms with E-state index in [1.54, 1.807) is 4.90 Å². The number of nitrogens with zero attached hydrogens (tertiary/aromatic N) is 1. The average molecular weight is 327 g/mol.